The van der Waals surface area contributed by atoms with E-state index in [1.807, 2.05) is 0 Å². The highest BCUT2D eigenvalue weighted by molar-refractivity contribution is 6.95. The maximum absolute atomic E-state index is 6.54. The van der Waals surface area contributed by atoms with Crippen LogP contribution in [0.15, 0.2) is 72.6 Å². The third-order valence-corrected chi connectivity index (χ3v) is 8.71. The van der Waals surface area contributed by atoms with E-state index in [-0.39, 0.29) is 6.10 Å². The minimum Gasteiger partial charge on any atom is -0.499 e. The van der Waals surface area contributed by atoms with E-state index in [2.05, 4.69) is 80.3 Å². The first kappa shape index (κ1) is 17.0. The summed E-state index contributed by atoms with van der Waals surface area (Å²) in [4.78, 5) is 0. The topological polar surface area (TPSA) is 9.23 Å². The Kier molecular flexibility index (Phi) is 5.25. The van der Waals surface area contributed by atoms with Crippen molar-refractivity contribution in [2.45, 2.75) is 50.8 Å². The standard InChI is InChI=1S/C22H28OSi/c1-18(24(2,3)20-14-8-5-9-15-20)23-22-17-11-10-16-21(22)19-12-6-4-7-13-19/h4-9,12-15,21-22H,1,10-11,16-17H2,2-3H3/t21-,22+/m0/s1. The molecule has 3 rings (SSSR count). The molecular weight excluding hydrogens is 308 g/mol. The van der Waals surface area contributed by atoms with Crippen molar-refractivity contribution in [3.05, 3.63) is 78.2 Å². The number of hydrogen-bond donors (Lipinski definition) is 0. The van der Waals surface area contributed by atoms with Gasteiger partial charge in [-0.15, -0.1) is 0 Å². The van der Waals surface area contributed by atoms with Crippen LogP contribution in [-0.4, -0.2) is 14.2 Å². The molecule has 0 N–H and O–H groups in total. The van der Waals surface area contributed by atoms with E-state index >= 15 is 0 Å². The van der Waals surface area contributed by atoms with Gasteiger partial charge in [0.1, 0.15) is 6.10 Å². The first-order valence-electron chi connectivity index (χ1n) is 9.05. The summed E-state index contributed by atoms with van der Waals surface area (Å²) in [5.41, 5.74) is 1.41. The Morgan fingerprint density at radius 2 is 1.50 bits per heavy atom. The monoisotopic (exact) mass is 336 g/mol. The molecule has 0 unspecified atom stereocenters. The van der Waals surface area contributed by atoms with E-state index in [0.29, 0.717) is 5.92 Å². The number of benzene rings is 2. The van der Waals surface area contributed by atoms with Crippen molar-refractivity contribution in [3.63, 3.8) is 0 Å². The molecule has 2 aromatic rings. The maximum atomic E-state index is 6.54. The zero-order chi connectivity index (χ0) is 17.0. The lowest BCUT2D eigenvalue weighted by Gasteiger charge is -2.36. The van der Waals surface area contributed by atoms with Crippen LogP contribution in [0.5, 0.6) is 0 Å². The number of rotatable bonds is 5. The molecule has 1 saturated carbocycles. The lowest BCUT2D eigenvalue weighted by molar-refractivity contribution is 0.0755. The van der Waals surface area contributed by atoms with E-state index in [9.17, 15) is 0 Å². The van der Waals surface area contributed by atoms with Crippen LogP contribution < -0.4 is 5.19 Å². The van der Waals surface area contributed by atoms with Gasteiger partial charge in [-0.25, -0.2) is 0 Å². The second kappa shape index (κ2) is 7.39. The molecular formula is C22H28OSi. The molecule has 24 heavy (non-hydrogen) atoms. The van der Waals surface area contributed by atoms with Crippen molar-refractivity contribution in [1.29, 1.82) is 0 Å². The summed E-state index contributed by atoms with van der Waals surface area (Å²) in [5.74, 6) is 0.497. The molecule has 126 valence electrons. The SMILES string of the molecule is C=C(O[C@@H]1CCCC[C@H]1c1ccccc1)[Si](C)(C)c1ccccc1. The van der Waals surface area contributed by atoms with Crippen molar-refractivity contribution in [2.75, 3.05) is 0 Å². The van der Waals surface area contributed by atoms with Gasteiger partial charge in [0.25, 0.3) is 0 Å². The van der Waals surface area contributed by atoms with Gasteiger partial charge in [-0.05, 0) is 24.8 Å². The highest BCUT2D eigenvalue weighted by Crippen LogP contribution is 2.36. The van der Waals surface area contributed by atoms with Crippen molar-refractivity contribution < 1.29 is 4.74 Å². The van der Waals surface area contributed by atoms with Crippen molar-refractivity contribution >= 4 is 13.3 Å². The molecule has 2 aromatic carbocycles. The second-order valence-electron chi connectivity index (χ2n) is 7.37. The Morgan fingerprint density at radius 3 is 2.17 bits per heavy atom. The molecule has 0 radical (unpaired) electrons. The predicted octanol–water partition coefficient (Wildman–Crippen LogP) is 5.40. The van der Waals surface area contributed by atoms with E-state index < -0.39 is 8.07 Å². The van der Waals surface area contributed by atoms with Gasteiger partial charge in [0.15, 0.2) is 8.07 Å². The zero-order valence-corrected chi connectivity index (χ0v) is 15.9. The van der Waals surface area contributed by atoms with Crippen LogP contribution in [-0.2, 0) is 4.74 Å². The fourth-order valence-electron chi connectivity index (χ4n) is 3.67. The third kappa shape index (κ3) is 3.64. The molecule has 1 nitrogen and oxygen atoms in total. The first-order valence-corrected chi connectivity index (χ1v) is 12.1. The van der Waals surface area contributed by atoms with Gasteiger partial charge in [0.05, 0.1) is 5.38 Å². The van der Waals surface area contributed by atoms with Crippen LogP contribution in [0, 0.1) is 0 Å². The highest BCUT2D eigenvalue weighted by atomic mass is 28.3. The molecule has 0 aromatic heterocycles. The summed E-state index contributed by atoms with van der Waals surface area (Å²) < 4.78 is 6.54. The normalized spacial score (nSPS) is 21.2. The van der Waals surface area contributed by atoms with E-state index in [1.54, 1.807) is 0 Å². The molecule has 1 fully saturated rings. The Hall–Kier alpha value is -1.80. The first-order chi connectivity index (χ1) is 11.6. The molecule has 0 saturated heterocycles. The van der Waals surface area contributed by atoms with Crippen LogP contribution in [0.1, 0.15) is 37.2 Å². The van der Waals surface area contributed by atoms with E-state index in [0.717, 1.165) is 11.8 Å². The van der Waals surface area contributed by atoms with E-state index in [1.165, 1.54) is 30.0 Å². The highest BCUT2D eigenvalue weighted by Gasteiger charge is 2.34. The smallest absolute Gasteiger partial charge is 0.155 e. The summed E-state index contributed by atoms with van der Waals surface area (Å²) in [6.45, 7) is 9.04. The van der Waals surface area contributed by atoms with Crippen LogP contribution in [0.25, 0.3) is 0 Å². The van der Waals surface area contributed by atoms with Gasteiger partial charge < -0.3 is 4.74 Å². The number of hydrogen-bond acceptors (Lipinski definition) is 1. The van der Waals surface area contributed by atoms with Crippen molar-refractivity contribution in [3.8, 4) is 0 Å². The summed E-state index contributed by atoms with van der Waals surface area (Å²) in [5, 5.41) is 2.41. The van der Waals surface area contributed by atoms with Gasteiger partial charge in [0.2, 0.25) is 0 Å². The molecule has 0 heterocycles. The zero-order valence-electron chi connectivity index (χ0n) is 14.9. The van der Waals surface area contributed by atoms with Crippen molar-refractivity contribution in [2.24, 2.45) is 0 Å². The minimum absolute atomic E-state index is 0.268. The molecule has 0 amide bonds. The van der Waals surface area contributed by atoms with Crippen LogP contribution in [0.2, 0.25) is 13.1 Å². The Labute approximate surface area is 147 Å². The van der Waals surface area contributed by atoms with E-state index in [4.69, 9.17) is 4.74 Å². The summed E-state index contributed by atoms with van der Waals surface area (Å²) in [6.07, 6.45) is 5.18. The average molecular weight is 337 g/mol. The van der Waals surface area contributed by atoms with Crippen LogP contribution >= 0.6 is 0 Å². The van der Waals surface area contributed by atoms with Gasteiger partial charge in [-0.1, -0.05) is 91.9 Å². The Bertz CT molecular complexity index is 663. The fourth-order valence-corrected chi connectivity index (χ4v) is 5.46. The Morgan fingerprint density at radius 1 is 0.917 bits per heavy atom. The largest absolute Gasteiger partial charge is 0.499 e. The van der Waals surface area contributed by atoms with Gasteiger partial charge in [-0.3, -0.25) is 0 Å². The predicted molar refractivity (Wildman–Crippen MR) is 105 cm³/mol. The van der Waals surface area contributed by atoms with Crippen LogP contribution in [0.3, 0.4) is 0 Å². The second-order valence-corrected chi connectivity index (χ2v) is 11.8. The molecule has 0 spiro atoms. The quantitative estimate of drug-likeness (QED) is 0.525. The lowest BCUT2D eigenvalue weighted by atomic mass is 9.81. The minimum atomic E-state index is -1.81. The van der Waals surface area contributed by atoms with Gasteiger partial charge in [0, 0.05) is 5.92 Å². The molecule has 1 aliphatic carbocycles. The Balaban J connectivity index is 1.77. The van der Waals surface area contributed by atoms with Gasteiger partial charge >= 0.3 is 0 Å². The summed E-state index contributed by atoms with van der Waals surface area (Å²) in [7, 11) is -1.81. The molecule has 0 aliphatic heterocycles. The molecule has 2 atom stereocenters. The van der Waals surface area contributed by atoms with Crippen LogP contribution in [0.4, 0.5) is 0 Å². The molecule has 0 bridgehead atoms. The summed E-state index contributed by atoms with van der Waals surface area (Å²) >= 11 is 0. The maximum Gasteiger partial charge on any atom is 0.155 e. The summed E-state index contributed by atoms with van der Waals surface area (Å²) in [6, 6.07) is 21.6. The van der Waals surface area contributed by atoms with Crippen molar-refractivity contribution in [1.82, 2.24) is 0 Å². The average Bonchev–Trinajstić information content (AvgIpc) is 2.63. The molecule has 1 aliphatic rings. The molecule has 2 heteroatoms. The third-order valence-electron chi connectivity index (χ3n) is 5.42. The lowest BCUT2D eigenvalue weighted by Crippen LogP contribution is -2.45. The fraction of sp³-hybridized carbons (Fsp3) is 0.364. The van der Waals surface area contributed by atoms with Gasteiger partial charge in [-0.2, -0.15) is 0 Å². The number of ether oxygens (including phenoxy) is 1.